The summed E-state index contributed by atoms with van der Waals surface area (Å²) < 4.78 is 1.07. The molecular formula is C11H17IN4. The van der Waals surface area contributed by atoms with E-state index in [0.717, 1.165) is 35.2 Å². The Balaban J connectivity index is 2.01. The molecule has 1 aliphatic rings. The van der Waals surface area contributed by atoms with Gasteiger partial charge in [0.2, 0.25) is 5.95 Å². The lowest BCUT2D eigenvalue weighted by Crippen LogP contribution is -2.39. The standard InChI is InChI=1S/C11H17IN4/c1-16(10-4-2-9(13)3-5-10)11-14-6-8(12)7-15-11/h6-7,9-10H,2-5,13H2,1H3. The van der Waals surface area contributed by atoms with Crippen molar-refractivity contribution in [2.45, 2.75) is 37.8 Å². The molecule has 2 N–H and O–H groups in total. The molecule has 0 radical (unpaired) electrons. The van der Waals surface area contributed by atoms with Crippen LogP contribution in [0.15, 0.2) is 12.4 Å². The largest absolute Gasteiger partial charge is 0.341 e. The van der Waals surface area contributed by atoms with Crippen molar-refractivity contribution in [3.05, 3.63) is 16.0 Å². The average molecular weight is 332 g/mol. The van der Waals surface area contributed by atoms with Crippen molar-refractivity contribution in [2.24, 2.45) is 5.73 Å². The summed E-state index contributed by atoms with van der Waals surface area (Å²) in [6.45, 7) is 0. The van der Waals surface area contributed by atoms with Crippen LogP contribution >= 0.6 is 22.6 Å². The maximum atomic E-state index is 5.90. The van der Waals surface area contributed by atoms with Gasteiger partial charge >= 0.3 is 0 Å². The molecule has 16 heavy (non-hydrogen) atoms. The number of rotatable bonds is 2. The van der Waals surface area contributed by atoms with Crippen LogP contribution in [-0.4, -0.2) is 29.1 Å². The van der Waals surface area contributed by atoms with E-state index in [2.05, 4.69) is 44.5 Å². The fourth-order valence-electron chi connectivity index (χ4n) is 2.14. The summed E-state index contributed by atoms with van der Waals surface area (Å²) >= 11 is 2.22. The van der Waals surface area contributed by atoms with Gasteiger partial charge in [0.15, 0.2) is 0 Å². The molecule has 0 aromatic carbocycles. The van der Waals surface area contributed by atoms with Gasteiger partial charge in [0, 0.05) is 35.1 Å². The Morgan fingerprint density at radius 3 is 2.38 bits per heavy atom. The average Bonchev–Trinajstić information content (AvgIpc) is 2.30. The molecule has 5 heteroatoms. The van der Waals surface area contributed by atoms with Crippen LogP contribution in [0.3, 0.4) is 0 Å². The fraction of sp³-hybridized carbons (Fsp3) is 0.636. The van der Waals surface area contributed by atoms with E-state index in [-0.39, 0.29) is 0 Å². The van der Waals surface area contributed by atoms with E-state index in [1.165, 1.54) is 0 Å². The maximum Gasteiger partial charge on any atom is 0.225 e. The van der Waals surface area contributed by atoms with Gasteiger partial charge in [0.1, 0.15) is 0 Å². The first-order chi connectivity index (χ1) is 7.66. The molecule has 2 rings (SSSR count). The molecule has 0 amide bonds. The molecular weight excluding hydrogens is 315 g/mol. The highest BCUT2D eigenvalue weighted by Gasteiger charge is 2.23. The topological polar surface area (TPSA) is 55.0 Å². The van der Waals surface area contributed by atoms with Crippen LogP contribution in [0, 0.1) is 3.57 Å². The quantitative estimate of drug-likeness (QED) is 0.839. The number of anilines is 1. The van der Waals surface area contributed by atoms with E-state index in [1.807, 2.05) is 12.4 Å². The molecule has 1 fully saturated rings. The first-order valence-electron chi connectivity index (χ1n) is 5.63. The Hall–Kier alpha value is -0.430. The molecule has 0 aliphatic heterocycles. The second-order valence-corrected chi connectivity index (χ2v) is 5.63. The van der Waals surface area contributed by atoms with E-state index in [9.17, 15) is 0 Å². The summed E-state index contributed by atoms with van der Waals surface area (Å²) in [4.78, 5) is 10.9. The van der Waals surface area contributed by atoms with E-state index >= 15 is 0 Å². The van der Waals surface area contributed by atoms with E-state index in [4.69, 9.17) is 5.73 Å². The van der Waals surface area contributed by atoms with Gasteiger partial charge < -0.3 is 10.6 Å². The van der Waals surface area contributed by atoms with Crippen LogP contribution in [0.5, 0.6) is 0 Å². The molecule has 1 aromatic heterocycles. The Morgan fingerprint density at radius 2 is 1.81 bits per heavy atom. The minimum absolute atomic E-state index is 0.391. The highest BCUT2D eigenvalue weighted by molar-refractivity contribution is 14.1. The lowest BCUT2D eigenvalue weighted by atomic mass is 9.91. The number of nitrogens with zero attached hydrogens (tertiary/aromatic N) is 3. The van der Waals surface area contributed by atoms with Crippen molar-refractivity contribution in [2.75, 3.05) is 11.9 Å². The predicted octanol–water partition coefficient (Wildman–Crippen LogP) is 1.79. The van der Waals surface area contributed by atoms with Gasteiger partial charge in [-0.3, -0.25) is 0 Å². The normalized spacial score (nSPS) is 25.4. The van der Waals surface area contributed by atoms with Crippen LogP contribution in [0.25, 0.3) is 0 Å². The second kappa shape index (κ2) is 5.27. The molecule has 4 nitrogen and oxygen atoms in total. The van der Waals surface area contributed by atoms with Gasteiger partial charge in [-0.25, -0.2) is 9.97 Å². The number of nitrogens with two attached hydrogens (primary N) is 1. The molecule has 0 saturated heterocycles. The van der Waals surface area contributed by atoms with Crippen molar-refractivity contribution in [1.29, 1.82) is 0 Å². The Kier molecular flexibility index (Phi) is 3.96. The molecule has 0 spiro atoms. The summed E-state index contributed by atoms with van der Waals surface area (Å²) in [6, 6.07) is 0.933. The highest BCUT2D eigenvalue weighted by Crippen LogP contribution is 2.23. The molecule has 1 aromatic rings. The van der Waals surface area contributed by atoms with Crippen LogP contribution in [-0.2, 0) is 0 Å². The van der Waals surface area contributed by atoms with Crippen LogP contribution in [0.4, 0.5) is 5.95 Å². The zero-order chi connectivity index (χ0) is 11.5. The van der Waals surface area contributed by atoms with E-state index in [1.54, 1.807) is 0 Å². The predicted molar refractivity (Wildman–Crippen MR) is 73.4 cm³/mol. The third-order valence-corrected chi connectivity index (χ3v) is 3.77. The first kappa shape index (κ1) is 12.0. The third kappa shape index (κ3) is 2.82. The second-order valence-electron chi connectivity index (χ2n) is 4.38. The first-order valence-corrected chi connectivity index (χ1v) is 6.70. The zero-order valence-electron chi connectivity index (χ0n) is 9.43. The van der Waals surface area contributed by atoms with Gasteiger partial charge in [0.25, 0.3) is 0 Å². The van der Waals surface area contributed by atoms with Gasteiger partial charge in [-0.1, -0.05) is 0 Å². The summed E-state index contributed by atoms with van der Waals surface area (Å²) in [5.74, 6) is 0.820. The third-order valence-electron chi connectivity index (χ3n) is 3.21. The van der Waals surface area contributed by atoms with Gasteiger partial charge in [0.05, 0.1) is 0 Å². The monoisotopic (exact) mass is 332 g/mol. The van der Waals surface area contributed by atoms with Gasteiger partial charge in [-0.05, 0) is 48.3 Å². The van der Waals surface area contributed by atoms with Crippen LogP contribution in [0.2, 0.25) is 0 Å². The molecule has 1 heterocycles. The smallest absolute Gasteiger partial charge is 0.225 e. The van der Waals surface area contributed by atoms with Crippen molar-refractivity contribution < 1.29 is 0 Å². The highest BCUT2D eigenvalue weighted by atomic mass is 127. The van der Waals surface area contributed by atoms with Crippen LogP contribution < -0.4 is 10.6 Å². The molecule has 0 atom stereocenters. The lowest BCUT2D eigenvalue weighted by Gasteiger charge is -2.33. The molecule has 1 aliphatic carbocycles. The molecule has 88 valence electrons. The summed E-state index contributed by atoms with van der Waals surface area (Å²) in [5, 5.41) is 0. The minimum Gasteiger partial charge on any atom is -0.341 e. The van der Waals surface area contributed by atoms with Crippen molar-refractivity contribution in [3.8, 4) is 0 Å². The molecule has 1 saturated carbocycles. The maximum absolute atomic E-state index is 5.90. The van der Waals surface area contributed by atoms with E-state index in [0.29, 0.717) is 12.1 Å². The van der Waals surface area contributed by atoms with E-state index < -0.39 is 0 Å². The SMILES string of the molecule is CN(c1ncc(I)cn1)C1CCC(N)CC1. The summed E-state index contributed by atoms with van der Waals surface area (Å²) in [7, 11) is 2.07. The Morgan fingerprint density at radius 1 is 1.25 bits per heavy atom. The van der Waals surface area contributed by atoms with Gasteiger partial charge in [-0.2, -0.15) is 0 Å². The van der Waals surface area contributed by atoms with Crippen molar-refractivity contribution in [1.82, 2.24) is 9.97 Å². The summed E-state index contributed by atoms with van der Waals surface area (Å²) in [6.07, 6.45) is 8.22. The van der Waals surface area contributed by atoms with Gasteiger partial charge in [-0.15, -0.1) is 0 Å². The molecule has 0 unspecified atom stereocenters. The number of aromatic nitrogens is 2. The number of hydrogen-bond acceptors (Lipinski definition) is 4. The number of halogens is 1. The van der Waals surface area contributed by atoms with Crippen molar-refractivity contribution >= 4 is 28.5 Å². The van der Waals surface area contributed by atoms with Crippen molar-refractivity contribution in [3.63, 3.8) is 0 Å². The number of hydrogen-bond donors (Lipinski definition) is 1. The Labute approximate surface area is 110 Å². The molecule has 0 bridgehead atoms. The van der Waals surface area contributed by atoms with Crippen LogP contribution in [0.1, 0.15) is 25.7 Å². The fourth-order valence-corrected chi connectivity index (χ4v) is 2.42. The zero-order valence-corrected chi connectivity index (χ0v) is 11.6. The summed E-state index contributed by atoms with van der Waals surface area (Å²) in [5.41, 5.74) is 5.90. The minimum atomic E-state index is 0.391. The lowest BCUT2D eigenvalue weighted by molar-refractivity contribution is 0.382. The Bertz CT molecular complexity index is 332.